The molecule has 0 spiro atoms. The number of rotatable bonds is 7. The van der Waals surface area contributed by atoms with E-state index in [1.165, 1.54) is 6.07 Å². The number of carbonyl (C=O) groups is 1. The van der Waals surface area contributed by atoms with Gasteiger partial charge in [0.2, 0.25) is 5.56 Å². The van der Waals surface area contributed by atoms with Gasteiger partial charge in [-0.2, -0.15) is 0 Å². The molecule has 2 aromatic carbocycles. The first kappa shape index (κ1) is 23.4. The number of likely N-dealkylation sites (N-methyl/N-ethyl adjacent to an activating group) is 1. The molecule has 1 unspecified atom stereocenters. The normalized spacial score (nSPS) is 18.3. The van der Waals surface area contributed by atoms with Crippen LogP contribution in [0.5, 0.6) is 5.75 Å². The third-order valence-electron chi connectivity index (χ3n) is 7.79. The van der Waals surface area contributed by atoms with Gasteiger partial charge in [-0.1, -0.05) is 12.1 Å². The number of nitrogens with zero attached hydrogens (tertiary/aromatic N) is 2. The van der Waals surface area contributed by atoms with Crippen LogP contribution in [0.2, 0.25) is 0 Å². The highest BCUT2D eigenvalue weighted by molar-refractivity contribution is 5.98. The molecule has 1 atom stereocenters. The lowest BCUT2D eigenvalue weighted by Crippen LogP contribution is -2.48. The number of aromatic amines is 1. The molecule has 37 heavy (non-hydrogen) atoms. The molecule has 4 aromatic rings. The third-order valence-corrected chi connectivity index (χ3v) is 7.79. The van der Waals surface area contributed by atoms with Crippen LogP contribution >= 0.6 is 0 Å². The summed E-state index contributed by atoms with van der Waals surface area (Å²) in [5, 5.41) is 4.37. The Kier molecular flexibility index (Phi) is 5.80. The number of pyridine rings is 2. The van der Waals surface area contributed by atoms with E-state index in [2.05, 4.69) is 39.4 Å². The number of H-pyrrole nitrogens is 1. The predicted molar refractivity (Wildman–Crippen MR) is 144 cm³/mol. The Morgan fingerprint density at radius 2 is 2.03 bits per heavy atom. The number of carbonyl (C=O) groups excluding carboxylic acids is 1. The van der Waals surface area contributed by atoms with Crippen LogP contribution in [0.1, 0.15) is 40.7 Å². The maximum atomic E-state index is 13.6. The van der Waals surface area contributed by atoms with E-state index in [4.69, 9.17) is 4.74 Å². The zero-order valence-electron chi connectivity index (χ0n) is 21.1. The smallest absolute Gasteiger partial charge is 0.252 e. The Hall–Kier alpha value is -3.97. The summed E-state index contributed by atoms with van der Waals surface area (Å²) in [6.45, 7) is 3.68. The monoisotopic (exact) mass is 494 g/mol. The van der Waals surface area contributed by atoms with Crippen molar-refractivity contribution in [3.05, 3.63) is 94.0 Å². The summed E-state index contributed by atoms with van der Waals surface area (Å²) < 4.78 is 6.03. The topological polar surface area (TPSA) is 87.3 Å². The highest BCUT2D eigenvalue weighted by Crippen LogP contribution is 2.49. The Bertz CT molecular complexity index is 1540. The molecule has 2 fully saturated rings. The van der Waals surface area contributed by atoms with Crippen molar-refractivity contribution in [1.82, 2.24) is 20.2 Å². The standard InChI is InChI=1S/C30H30N4O3/c1-19-5-7-23(37-18-22-9-13-34(22)2)16-25(19)29(36)33-30(10-11-30)26-14-21(20-6-8-28(35)32-17-20)15-27-24(26)4-3-12-31-27/h3-8,12,14-17,22H,9-11,13,18H2,1-2H3,(H,32,35)(H,33,36). The van der Waals surface area contributed by atoms with Gasteiger partial charge in [0.25, 0.3) is 5.91 Å². The first-order chi connectivity index (χ1) is 17.9. The van der Waals surface area contributed by atoms with Gasteiger partial charge in [0.15, 0.2) is 0 Å². The molecule has 1 saturated carbocycles. The second-order valence-corrected chi connectivity index (χ2v) is 10.3. The van der Waals surface area contributed by atoms with E-state index in [-0.39, 0.29) is 11.5 Å². The number of nitrogens with one attached hydrogen (secondary N) is 2. The second kappa shape index (κ2) is 9.16. The molecule has 2 aromatic heterocycles. The number of aromatic nitrogens is 2. The molecule has 0 radical (unpaired) electrons. The molecule has 2 aliphatic rings. The number of amides is 1. The van der Waals surface area contributed by atoms with Crippen LogP contribution in [0.25, 0.3) is 22.0 Å². The molecule has 1 amide bonds. The molecule has 6 rings (SSSR count). The average molecular weight is 495 g/mol. The van der Waals surface area contributed by atoms with Crippen molar-refractivity contribution in [1.29, 1.82) is 0 Å². The van der Waals surface area contributed by atoms with Gasteiger partial charge in [-0.3, -0.25) is 19.5 Å². The van der Waals surface area contributed by atoms with Gasteiger partial charge in [-0.25, -0.2) is 0 Å². The van der Waals surface area contributed by atoms with E-state index in [1.807, 2.05) is 37.3 Å². The first-order valence-electron chi connectivity index (χ1n) is 12.8. The minimum Gasteiger partial charge on any atom is -0.492 e. The van der Waals surface area contributed by atoms with Gasteiger partial charge >= 0.3 is 0 Å². The lowest BCUT2D eigenvalue weighted by Gasteiger charge is -2.37. The van der Waals surface area contributed by atoms with Gasteiger partial charge in [0.1, 0.15) is 12.4 Å². The molecule has 1 aliphatic heterocycles. The molecule has 2 N–H and O–H groups in total. The molecule has 1 saturated heterocycles. The molecular weight excluding hydrogens is 464 g/mol. The number of hydrogen-bond donors (Lipinski definition) is 2. The maximum absolute atomic E-state index is 13.6. The quantitative estimate of drug-likeness (QED) is 0.398. The SMILES string of the molecule is Cc1ccc(OCC2CCN2C)cc1C(=O)NC1(c2cc(-c3ccc(=O)[nH]c3)cc3ncccc23)CC1. The molecule has 1 aliphatic carbocycles. The van der Waals surface area contributed by atoms with Gasteiger partial charge in [0.05, 0.1) is 11.1 Å². The van der Waals surface area contributed by atoms with Crippen LogP contribution in [0.3, 0.4) is 0 Å². The molecular formula is C30H30N4O3. The van der Waals surface area contributed by atoms with Crippen molar-refractivity contribution in [2.75, 3.05) is 20.2 Å². The van der Waals surface area contributed by atoms with Crippen LogP contribution in [-0.2, 0) is 5.54 Å². The van der Waals surface area contributed by atoms with E-state index >= 15 is 0 Å². The van der Waals surface area contributed by atoms with Crippen molar-refractivity contribution in [3.8, 4) is 16.9 Å². The van der Waals surface area contributed by atoms with Crippen LogP contribution < -0.4 is 15.6 Å². The Morgan fingerprint density at radius 1 is 1.16 bits per heavy atom. The summed E-state index contributed by atoms with van der Waals surface area (Å²) in [6.07, 6.45) is 6.32. The van der Waals surface area contributed by atoms with Crippen molar-refractivity contribution in [2.45, 2.75) is 37.8 Å². The summed E-state index contributed by atoms with van der Waals surface area (Å²) in [5.41, 5.74) is 4.68. The number of hydrogen-bond acceptors (Lipinski definition) is 5. The van der Waals surface area contributed by atoms with Crippen molar-refractivity contribution < 1.29 is 9.53 Å². The molecule has 7 heteroatoms. The summed E-state index contributed by atoms with van der Waals surface area (Å²) in [7, 11) is 2.10. The predicted octanol–water partition coefficient (Wildman–Crippen LogP) is 4.40. The highest BCUT2D eigenvalue weighted by Gasteiger charge is 2.47. The molecule has 7 nitrogen and oxygen atoms in total. The van der Waals surface area contributed by atoms with E-state index in [0.717, 1.165) is 64.7 Å². The van der Waals surface area contributed by atoms with Crippen LogP contribution in [0, 0.1) is 6.92 Å². The number of fused-ring (bicyclic) bond motifs is 1. The van der Waals surface area contributed by atoms with Gasteiger partial charge in [-0.05, 0) is 98.4 Å². The number of benzene rings is 2. The Morgan fingerprint density at radius 3 is 2.73 bits per heavy atom. The third kappa shape index (κ3) is 4.51. The summed E-state index contributed by atoms with van der Waals surface area (Å²) in [4.78, 5) is 34.8. The number of likely N-dealkylation sites (tertiary alicyclic amines) is 1. The zero-order chi connectivity index (χ0) is 25.6. The lowest BCUT2D eigenvalue weighted by atomic mass is 9.93. The van der Waals surface area contributed by atoms with Crippen molar-refractivity contribution in [3.63, 3.8) is 0 Å². The lowest BCUT2D eigenvalue weighted by molar-refractivity contribution is 0.0767. The average Bonchev–Trinajstić information content (AvgIpc) is 3.68. The Labute approximate surface area is 215 Å². The fraction of sp³-hybridized carbons (Fsp3) is 0.300. The summed E-state index contributed by atoms with van der Waals surface area (Å²) in [6, 6.07) is 17.6. The second-order valence-electron chi connectivity index (χ2n) is 10.3. The van der Waals surface area contributed by atoms with Crippen LogP contribution in [-0.4, -0.2) is 47.0 Å². The minimum atomic E-state index is -0.464. The van der Waals surface area contributed by atoms with E-state index in [9.17, 15) is 9.59 Å². The molecule has 188 valence electrons. The molecule has 3 heterocycles. The Balaban J connectivity index is 1.30. The van der Waals surface area contributed by atoms with Crippen LogP contribution in [0.15, 0.2) is 71.8 Å². The summed E-state index contributed by atoms with van der Waals surface area (Å²) >= 11 is 0. The molecule has 0 bridgehead atoms. The largest absolute Gasteiger partial charge is 0.492 e. The minimum absolute atomic E-state index is 0.104. The van der Waals surface area contributed by atoms with E-state index in [0.29, 0.717) is 18.2 Å². The van der Waals surface area contributed by atoms with E-state index in [1.54, 1.807) is 18.5 Å². The fourth-order valence-corrected chi connectivity index (χ4v) is 5.11. The zero-order valence-corrected chi connectivity index (χ0v) is 21.1. The van der Waals surface area contributed by atoms with Gasteiger partial charge in [0, 0.05) is 35.5 Å². The summed E-state index contributed by atoms with van der Waals surface area (Å²) in [5.74, 6) is 0.614. The first-order valence-corrected chi connectivity index (χ1v) is 12.8. The van der Waals surface area contributed by atoms with Gasteiger partial charge < -0.3 is 15.0 Å². The van der Waals surface area contributed by atoms with Gasteiger partial charge in [-0.15, -0.1) is 0 Å². The van der Waals surface area contributed by atoms with Crippen molar-refractivity contribution in [2.24, 2.45) is 0 Å². The fourth-order valence-electron chi connectivity index (χ4n) is 5.11. The maximum Gasteiger partial charge on any atom is 0.252 e. The van der Waals surface area contributed by atoms with Crippen molar-refractivity contribution >= 4 is 16.8 Å². The van der Waals surface area contributed by atoms with Crippen LogP contribution in [0.4, 0.5) is 0 Å². The highest BCUT2D eigenvalue weighted by atomic mass is 16.5. The number of ether oxygens (including phenoxy) is 1. The van der Waals surface area contributed by atoms with E-state index < -0.39 is 5.54 Å². The number of aryl methyl sites for hydroxylation is 1.